The quantitative estimate of drug-likeness (QED) is 0.263. The van der Waals surface area contributed by atoms with Crippen LogP contribution < -0.4 is 9.47 Å². The highest BCUT2D eigenvalue weighted by Gasteiger charge is 2.62. The first kappa shape index (κ1) is 34.1. The summed E-state index contributed by atoms with van der Waals surface area (Å²) in [6, 6.07) is 21.4. The third-order valence-electron chi connectivity index (χ3n) is 15.9. The van der Waals surface area contributed by atoms with Crippen LogP contribution >= 0.6 is 0 Å². The van der Waals surface area contributed by atoms with Crippen molar-refractivity contribution in [2.24, 2.45) is 34.5 Å². The van der Waals surface area contributed by atoms with Gasteiger partial charge in [-0.05, 0) is 183 Å². The SMILES string of the molecule is COc1ccc2c(c1)CC[C@@H]1[C@@H]2CC[C@@]2(C)[C@H]1CC[C@@]2(O)C#Cc1ccc(C#C[C@]2(O)CC[C@H]3[C@@H]4CCc5cc(OC)ccc5[C@H]4CC[C@@]32C)cc1. The van der Waals surface area contributed by atoms with Crippen molar-refractivity contribution >= 4 is 0 Å². The molecule has 0 unspecified atom stereocenters. The van der Waals surface area contributed by atoms with Gasteiger partial charge < -0.3 is 19.7 Å². The topological polar surface area (TPSA) is 58.9 Å². The zero-order valence-corrected chi connectivity index (χ0v) is 31.4. The molecular weight excluding hydrogens is 641 g/mol. The summed E-state index contributed by atoms with van der Waals surface area (Å²) in [6.45, 7) is 4.63. The van der Waals surface area contributed by atoms with E-state index in [1.54, 1.807) is 14.2 Å². The number of benzene rings is 3. The maximum Gasteiger partial charge on any atom is 0.131 e. The highest BCUT2D eigenvalue weighted by Crippen LogP contribution is 2.65. The summed E-state index contributed by atoms with van der Waals surface area (Å²) in [7, 11) is 3.49. The molecule has 0 aliphatic heterocycles. The second kappa shape index (κ2) is 12.4. The first-order valence-corrected chi connectivity index (χ1v) is 20.0. The average Bonchev–Trinajstić information content (AvgIpc) is 3.61. The van der Waals surface area contributed by atoms with Gasteiger partial charge in [-0.2, -0.15) is 0 Å². The van der Waals surface area contributed by atoms with E-state index in [0.717, 1.165) is 86.8 Å². The normalized spacial score (nSPS) is 38.0. The molecule has 3 aromatic carbocycles. The van der Waals surface area contributed by atoms with E-state index in [4.69, 9.17) is 9.47 Å². The van der Waals surface area contributed by atoms with Crippen LogP contribution in [-0.2, 0) is 12.8 Å². The van der Waals surface area contributed by atoms with Gasteiger partial charge in [0.05, 0.1) is 14.2 Å². The van der Waals surface area contributed by atoms with Crippen molar-refractivity contribution in [3.05, 3.63) is 94.0 Å². The zero-order chi connectivity index (χ0) is 35.9. The minimum atomic E-state index is -0.981. The summed E-state index contributed by atoms with van der Waals surface area (Å²) in [5.74, 6) is 18.8. The van der Waals surface area contributed by atoms with Gasteiger partial charge >= 0.3 is 0 Å². The summed E-state index contributed by atoms with van der Waals surface area (Å²) in [5, 5.41) is 24.3. The van der Waals surface area contributed by atoms with E-state index in [9.17, 15) is 10.2 Å². The Labute approximate surface area is 310 Å². The standard InChI is InChI=1S/C48H54O4/c1-45-23-19-39-37-15-11-35(51-3)29-33(37)9-13-41(39)43(45)21-27-47(45,49)25-17-31-5-7-32(8-6-31)18-26-48(50)28-22-44-42-14-10-34-30-36(52-4)12-16-38(34)40(42)20-24-46(44,48)2/h5-8,11-12,15-16,29-30,39-44,49-50H,9-10,13-14,19-24,27-28H2,1-4H3/t39-,40-,41-,42-,43+,44+,45+,46+,47+,48+/m1/s1. The van der Waals surface area contributed by atoms with E-state index in [2.05, 4.69) is 73.9 Å². The van der Waals surface area contributed by atoms with Crippen LogP contribution in [-0.4, -0.2) is 35.6 Å². The molecule has 4 fully saturated rings. The van der Waals surface area contributed by atoms with Crippen molar-refractivity contribution in [3.8, 4) is 35.2 Å². The lowest BCUT2D eigenvalue weighted by Crippen LogP contribution is -2.50. The molecule has 0 heterocycles. The van der Waals surface area contributed by atoms with Crippen LogP contribution in [0.1, 0.15) is 123 Å². The van der Waals surface area contributed by atoms with Crippen molar-refractivity contribution in [2.45, 2.75) is 114 Å². The van der Waals surface area contributed by atoms with Crippen LogP contribution in [0.15, 0.2) is 60.7 Å². The molecule has 2 N–H and O–H groups in total. The van der Waals surface area contributed by atoms with Crippen molar-refractivity contribution < 1.29 is 19.7 Å². The monoisotopic (exact) mass is 694 g/mol. The van der Waals surface area contributed by atoms with Crippen LogP contribution in [0.4, 0.5) is 0 Å². The molecule has 0 bridgehead atoms. The van der Waals surface area contributed by atoms with Crippen molar-refractivity contribution in [1.29, 1.82) is 0 Å². The summed E-state index contributed by atoms with van der Waals surface area (Å²) >= 11 is 0. The smallest absolute Gasteiger partial charge is 0.131 e. The van der Waals surface area contributed by atoms with Crippen LogP contribution in [0.3, 0.4) is 0 Å². The lowest BCUT2D eigenvalue weighted by atomic mass is 9.53. The Hall–Kier alpha value is -3.70. The molecule has 9 rings (SSSR count). The molecule has 0 aromatic heterocycles. The number of aliphatic hydroxyl groups is 2. The van der Waals surface area contributed by atoms with Gasteiger partial charge in [-0.25, -0.2) is 0 Å². The molecule has 0 saturated heterocycles. The van der Waals surface area contributed by atoms with E-state index in [1.807, 2.05) is 24.3 Å². The minimum Gasteiger partial charge on any atom is -0.497 e. The Morgan fingerprint density at radius 1 is 0.558 bits per heavy atom. The van der Waals surface area contributed by atoms with Gasteiger partial charge in [0.15, 0.2) is 0 Å². The first-order chi connectivity index (χ1) is 25.1. The number of rotatable bonds is 2. The van der Waals surface area contributed by atoms with E-state index < -0.39 is 11.2 Å². The van der Waals surface area contributed by atoms with Crippen molar-refractivity contribution in [2.75, 3.05) is 14.2 Å². The number of hydrogen-bond acceptors (Lipinski definition) is 4. The van der Waals surface area contributed by atoms with Gasteiger partial charge in [0.2, 0.25) is 0 Å². The van der Waals surface area contributed by atoms with Gasteiger partial charge in [-0.15, -0.1) is 0 Å². The predicted molar refractivity (Wildman–Crippen MR) is 205 cm³/mol. The van der Waals surface area contributed by atoms with Crippen LogP contribution in [0.2, 0.25) is 0 Å². The molecular formula is C48H54O4. The average molecular weight is 695 g/mol. The Balaban J connectivity index is 0.887. The lowest BCUT2D eigenvalue weighted by Gasteiger charge is -2.52. The summed E-state index contributed by atoms with van der Waals surface area (Å²) in [6.07, 6.45) is 12.3. The van der Waals surface area contributed by atoms with E-state index in [-0.39, 0.29) is 10.8 Å². The summed E-state index contributed by atoms with van der Waals surface area (Å²) in [4.78, 5) is 0. The number of fused-ring (bicyclic) bond motifs is 10. The molecule has 270 valence electrons. The molecule has 4 saturated carbocycles. The summed E-state index contributed by atoms with van der Waals surface area (Å²) in [5.41, 5.74) is 5.34. The highest BCUT2D eigenvalue weighted by molar-refractivity contribution is 5.47. The molecule has 52 heavy (non-hydrogen) atoms. The van der Waals surface area contributed by atoms with Gasteiger partial charge in [0.1, 0.15) is 22.7 Å². The van der Waals surface area contributed by atoms with E-state index >= 15 is 0 Å². The van der Waals surface area contributed by atoms with E-state index in [0.29, 0.717) is 35.5 Å². The van der Waals surface area contributed by atoms with Crippen LogP contribution in [0, 0.1) is 58.2 Å². The molecule has 3 aromatic rings. The largest absolute Gasteiger partial charge is 0.497 e. The Kier molecular flexibility index (Phi) is 8.15. The summed E-state index contributed by atoms with van der Waals surface area (Å²) < 4.78 is 11.0. The third kappa shape index (κ3) is 5.11. The first-order valence-electron chi connectivity index (χ1n) is 20.0. The maximum absolute atomic E-state index is 12.2. The lowest BCUT2D eigenvalue weighted by molar-refractivity contribution is -0.0648. The van der Waals surface area contributed by atoms with Crippen LogP contribution in [0.5, 0.6) is 11.5 Å². The Morgan fingerprint density at radius 3 is 1.38 bits per heavy atom. The molecule has 0 amide bonds. The highest BCUT2D eigenvalue weighted by atomic mass is 16.5. The molecule has 4 nitrogen and oxygen atoms in total. The van der Waals surface area contributed by atoms with Gasteiger partial charge in [0, 0.05) is 22.0 Å². The number of aryl methyl sites for hydroxylation is 2. The fourth-order valence-corrected chi connectivity index (χ4v) is 12.8. The maximum atomic E-state index is 12.2. The van der Waals surface area contributed by atoms with Crippen LogP contribution in [0.25, 0.3) is 0 Å². The second-order valence-electron chi connectivity index (χ2n) is 17.7. The molecule has 0 spiro atoms. The fourth-order valence-electron chi connectivity index (χ4n) is 12.8. The Morgan fingerprint density at radius 2 is 0.981 bits per heavy atom. The zero-order valence-electron chi connectivity index (χ0n) is 31.4. The van der Waals surface area contributed by atoms with E-state index in [1.165, 1.54) is 35.1 Å². The van der Waals surface area contributed by atoms with Gasteiger partial charge in [0.25, 0.3) is 0 Å². The fraction of sp³-hybridized carbons (Fsp3) is 0.542. The second-order valence-corrected chi connectivity index (χ2v) is 17.7. The minimum absolute atomic E-state index is 0.199. The number of ether oxygens (including phenoxy) is 2. The van der Waals surface area contributed by atoms with Gasteiger partial charge in [-0.3, -0.25) is 0 Å². The molecule has 6 aliphatic carbocycles. The molecule has 0 radical (unpaired) electrons. The molecule has 4 heteroatoms. The molecule has 6 aliphatic rings. The number of hydrogen-bond donors (Lipinski definition) is 2. The van der Waals surface area contributed by atoms with Crippen molar-refractivity contribution in [1.82, 2.24) is 0 Å². The number of methoxy groups -OCH3 is 2. The van der Waals surface area contributed by atoms with Gasteiger partial charge in [-0.1, -0.05) is 49.7 Å². The molecule has 10 atom stereocenters. The Bertz CT molecular complexity index is 1860. The van der Waals surface area contributed by atoms with Crippen molar-refractivity contribution in [3.63, 3.8) is 0 Å². The third-order valence-corrected chi connectivity index (χ3v) is 15.9. The predicted octanol–water partition coefficient (Wildman–Crippen LogP) is 8.98.